The van der Waals surface area contributed by atoms with Crippen LogP contribution in [0, 0.1) is 17.1 Å². The first kappa shape index (κ1) is 17.0. The van der Waals surface area contributed by atoms with Crippen LogP contribution in [0.15, 0.2) is 48.5 Å². The lowest BCUT2D eigenvalue weighted by Gasteiger charge is -2.15. The van der Waals surface area contributed by atoms with Gasteiger partial charge in [-0.1, -0.05) is 12.1 Å². The molecular weight excluding hydrogens is 353 g/mol. The molecule has 3 heterocycles. The molecule has 5 nitrogen and oxygen atoms in total. The lowest BCUT2D eigenvalue weighted by Crippen LogP contribution is -2.24. The monoisotopic (exact) mass is 373 g/mol. The standard InChI is InChI=1S/C22H20FN5/c23-17-9-7-16(8-10-17)21-20(15-24)28-19-6-2-1-5-18(19)27(22(28)25-21)14-13-26-11-3-4-12-26/h1-2,5-10H,3-4,11-14H2. The predicted octanol–water partition coefficient (Wildman–Crippen LogP) is 4.06. The zero-order valence-corrected chi connectivity index (χ0v) is 15.5. The van der Waals surface area contributed by atoms with Crippen LogP contribution in [-0.4, -0.2) is 38.5 Å². The lowest BCUT2D eigenvalue weighted by atomic mass is 10.1. The van der Waals surface area contributed by atoms with Gasteiger partial charge < -0.3 is 9.47 Å². The minimum Gasteiger partial charge on any atom is -0.308 e. The molecule has 0 amide bonds. The number of aromatic nitrogens is 3. The Morgan fingerprint density at radius 1 is 0.964 bits per heavy atom. The highest BCUT2D eigenvalue weighted by Gasteiger charge is 2.21. The van der Waals surface area contributed by atoms with Crippen LogP contribution >= 0.6 is 0 Å². The van der Waals surface area contributed by atoms with Gasteiger partial charge in [-0.05, 0) is 62.3 Å². The number of nitrogens with zero attached hydrogens (tertiary/aromatic N) is 5. The number of likely N-dealkylation sites (tertiary alicyclic amines) is 1. The zero-order valence-electron chi connectivity index (χ0n) is 15.5. The van der Waals surface area contributed by atoms with Crippen molar-refractivity contribution in [1.82, 2.24) is 18.9 Å². The zero-order chi connectivity index (χ0) is 19.1. The maximum absolute atomic E-state index is 13.4. The molecule has 0 spiro atoms. The Bertz CT molecular complexity index is 1190. The van der Waals surface area contributed by atoms with Crippen LogP contribution in [0.2, 0.25) is 0 Å². The highest BCUT2D eigenvalue weighted by molar-refractivity contribution is 5.84. The van der Waals surface area contributed by atoms with Gasteiger partial charge in [0.2, 0.25) is 5.78 Å². The normalized spacial score (nSPS) is 14.9. The maximum atomic E-state index is 13.4. The Hall–Kier alpha value is -3.17. The van der Waals surface area contributed by atoms with Crippen molar-refractivity contribution in [3.63, 3.8) is 0 Å². The van der Waals surface area contributed by atoms with E-state index in [1.165, 1.54) is 25.0 Å². The van der Waals surface area contributed by atoms with E-state index in [2.05, 4.69) is 21.6 Å². The number of para-hydroxylation sites is 2. The van der Waals surface area contributed by atoms with E-state index in [1.807, 2.05) is 22.6 Å². The molecule has 1 aliphatic rings. The van der Waals surface area contributed by atoms with E-state index in [4.69, 9.17) is 4.98 Å². The molecular formula is C22H20FN5. The number of benzene rings is 2. The van der Waals surface area contributed by atoms with Gasteiger partial charge in [0.05, 0.1) is 11.0 Å². The van der Waals surface area contributed by atoms with Crippen LogP contribution in [0.1, 0.15) is 18.5 Å². The average Bonchev–Trinajstić information content (AvgIpc) is 3.42. The molecule has 2 aromatic heterocycles. The molecule has 0 unspecified atom stereocenters. The lowest BCUT2D eigenvalue weighted by molar-refractivity contribution is 0.325. The number of hydrogen-bond donors (Lipinski definition) is 0. The first-order valence-corrected chi connectivity index (χ1v) is 9.64. The van der Waals surface area contributed by atoms with Crippen LogP contribution in [0.4, 0.5) is 4.39 Å². The van der Waals surface area contributed by atoms with Gasteiger partial charge in [-0.2, -0.15) is 5.26 Å². The Kier molecular flexibility index (Phi) is 4.10. The van der Waals surface area contributed by atoms with Crippen LogP contribution in [0.25, 0.3) is 28.1 Å². The maximum Gasteiger partial charge on any atom is 0.216 e. The second-order valence-electron chi connectivity index (χ2n) is 7.25. The molecule has 6 heteroatoms. The Balaban J connectivity index is 1.69. The Morgan fingerprint density at radius 2 is 1.68 bits per heavy atom. The van der Waals surface area contributed by atoms with Crippen molar-refractivity contribution < 1.29 is 4.39 Å². The van der Waals surface area contributed by atoms with Crippen LogP contribution in [-0.2, 0) is 6.54 Å². The molecule has 4 aromatic rings. The van der Waals surface area contributed by atoms with E-state index in [-0.39, 0.29) is 5.82 Å². The molecule has 0 atom stereocenters. The minimum absolute atomic E-state index is 0.299. The SMILES string of the molecule is N#Cc1c(-c2ccc(F)cc2)nc2n(CCN3CCCC3)c3ccccc3n12. The summed E-state index contributed by atoms with van der Waals surface area (Å²) in [6.07, 6.45) is 2.52. The first-order chi connectivity index (χ1) is 13.8. The van der Waals surface area contributed by atoms with Crippen LogP contribution in [0.3, 0.4) is 0 Å². The molecule has 0 saturated carbocycles. The quantitative estimate of drug-likeness (QED) is 0.542. The van der Waals surface area contributed by atoms with Crippen molar-refractivity contribution in [2.24, 2.45) is 0 Å². The molecule has 2 aromatic carbocycles. The van der Waals surface area contributed by atoms with E-state index in [0.29, 0.717) is 11.4 Å². The van der Waals surface area contributed by atoms with E-state index < -0.39 is 0 Å². The number of fused-ring (bicyclic) bond motifs is 3. The van der Waals surface area contributed by atoms with Gasteiger partial charge in [-0.3, -0.25) is 4.40 Å². The van der Waals surface area contributed by atoms with Crippen molar-refractivity contribution in [3.8, 4) is 17.3 Å². The minimum atomic E-state index is -0.299. The van der Waals surface area contributed by atoms with Gasteiger partial charge in [0.25, 0.3) is 0 Å². The van der Waals surface area contributed by atoms with E-state index >= 15 is 0 Å². The van der Waals surface area contributed by atoms with Gasteiger partial charge in [0.1, 0.15) is 17.6 Å². The summed E-state index contributed by atoms with van der Waals surface area (Å²) in [5.41, 5.74) is 3.87. The fraction of sp³-hybridized carbons (Fsp3) is 0.273. The average molecular weight is 373 g/mol. The van der Waals surface area contributed by atoms with Gasteiger partial charge in [0.15, 0.2) is 5.69 Å². The summed E-state index contributed by atoms with van der Waals surface area (Å²) in [7, 11) is 0. The molecule has 140 valence electrons. The van der Waals surface area contributed by atoms with Crippen LogP contribution < -0.4 is 0 Å². The first-order valence-electron chi connectivity index (χ1n) is 9.64. The number of hydrogen-bond acceptors (Lipinski definition) is 3. The molecule has 0 aliphatic carbocycles. The third-order valence-electron chi connectivity index (χ3n) is 5.58. The third kappa shape index (κ3) is 2.67. The Morgan fingerprint density at radius 3 is 2.39 bits per heavy atom. The molecule has 0 radical (unpaired) electrons. The summed E-state index contributed by atoms with van der Waals surface area (Å²) >= 11 is 0. The molecule has 0 N–H and O–H groups in total. The molecule has 5 rings (SSSR count). The molecule has 1 saturated heterocycles. The summed E-state index contributed by atoms with van der Waals surface area (Å²) in [5.74, 6) is 0.461. The molecule has 28 heavy (non-hydrogen) atoms. The third-order valence-corrected chi connectivity index (χ3v) is 5.58. The number of imidazole rings is 2. The second-order valence-corrected chi connectivity index (χ2v) is 7.25. The topological polar surface area (TPSA) is 49.3 Å². The van der Waals surface area contributed by atoms with Crippen molar-refractivity contribution >= 4 is 16.8 Å². The summed E-state index contributed by atoms with van der Waals surface area (Å²) in [6.45, 7) is 4.08. The second kappa shape index (κ2) is 6.77. The van der Waals surface area contributed by atoms with E-state index in [0.717, 1.165) is 48.6 Å². The summed E-state index contributed by atoms with van der Waals surface area (Å²) in [5, 5.41) is 9.89. The number of rotatable bonds is 4. The van der Waals surface area contributed by atoms with Crippen molar-refractivity contribution in [1.29, 1.82) is 5.26 Å². The van der Waals surface area contributed by atoms with Gasteiger partial charge in [-0.15, -0.1) is 0 Å². The van der Waals surface area contributed by atoms with E-state index in [1.54, 1.807) is 12.1 Å². The van der Waals surface area contributed by atoms with Gasteiger partial charge >= 0.3 is 0 Å². The van der Waals surface area contributed by atoms with Gasteiger partial charge in [0, 0.05) is 18.7 Å². The van der Waals surface area contributed by atoms with Crippen LogP contribution in [0.5, 0.6) is 0 Å². The smallest absolute Gasteiger partial charge is 0.216 e. The number of halogens is 1. The number of nitriles is 1. The summed E-state index contributed by atoms with van der Waals surface area (Å²) in [6, 6.07) is 16.6. The van der Waals surface area contributed by atoms with Crippen molar-refractivity contribution in [3.05, 3.63) is 60.0 Å². The van der Waals surface area contributed by atoms with Crippen molar-refractivity contribution in [2.45, 2.75) is 19.4 Å². The predicted molar refractivity (Wildman–Crippen MR) is 106 cm³/mol. The molecule has 0 bridgehead atoms. The summed E-state index contributed by atoms with van der Waals surface area (Å²) in [4.78, 5) is 7.30. The fourth-order valence-corrected chi connectivity index (χ4v) is 4.19. The molecule has 1 aliphatic heterocycles. The highest BCUT2D eigenvalue weighted by atomic mass is 19.1. The fourth-order valence-electron chi connectivity index (χ4n) is 4.19. The highest BCUT2D eigenvalue weighted by Crippen LogP contribution is 2.29. The van der Waals surface area contributed by atoms with Gasteiger partial charge in [-0.25, -0.2) is 9.37 Å². The Labute approximate surface area is 162 Å². The molecule has 1 fully saturated rings. The van der Waals surface area contributed by atoms with Crippen molar-refractivity contribution in [2.75, 3.05) is 19.6 Å². The van der Waals surface area contributed by atoms with E-state index in [9.17, 15) is 9.65 Å². The summed E-state index contributed by atoms with van der Waals surface area (Å²) < 4.78 is 17.5. The largest absolute Gasteiger partial charge is 0.308 e.